The number of amides is 1. The predicted octanol–water partition coefficient (Wildman–Crippen LogP) is 2.21. The molecule has 4 nitrogen and oxygen atoms in total. The molecule has 0 saturated carbocycles. The predicted molar refractivity (Wildman–Crippen MR) is 70.1 cm³/mol. The van der Waals surface area contributed by atoms with Crippen molar-refractivity contribution < 1.29 is 9.63 Å². The largest absolute Gasteiger partial charge is 0.408 e. The molecule has 0 spiro atoms. The van der Waals surface area contributed by atoms with Crippen LogP contribution in [0.5, 0.6) is 5.75 Å². The van der Waals surface area contributed by atoms with Crippen LogP contribution in [0.2, 0.25) is 0 Å². The summed E-state index contributed by atoms with van der Waals surface area (Å²) >= 11 is 0. The van der Waals surface area contributed by atoms with Gasteiger partial charge in [-0.1, -0.05) is 36.4 Å². The number of anilines is 1. The summed E-state index contributed by atoms with van der Waals surface area (Å²) in [6, 6.07) is 18.5. The fourth-order valence-corrected chi connectivity index (χ4v) is 1.40. The van der Waals surface area contributed by atoms with E-state index in [1.54, 1.807) is 0 Å². The Morgan fingerprint density at radius 2 is 1.56 bits per heavy atom. The van der Waals surface area contributed by atoms with Crippen LogP contribution in [0.4, 0.5) is 5.69 Å². The van der Waals surface area contributed by atoms with Gasteiger partial charge < -0.3 is 10.2 Å². The molecule has 92 valence electrons. The molecule has 18 heavy (non-hydrogen) atoms. The lowest BCUT2D eigenvalue weighted by Gasteiger charge is -2.07. The average molecular weight is 242 g/mol. The second kappa shape index (κ2) is 6.42. The van der Waals surface area contributed by atoms with Gasteiger partial charge in [0.15, 0.2) is 0 Å². The molecule has 0 bridgehead atoms. The van der Waals surface area contributed by atoms with Crippen molar-refractivity contribution in [1.29, 1.82) is 0 Å². The van der Waals surface area contributed by atoms with Crippen molar-refractivity contribution in [1.82, 2.24) is 5.48 Å². The van der Waals surface area contributed by atoms with E-state index in [4.69, 9.17) is 4.84 Å². The summed E-state index contributed by atoms with van der Waals surface area (Å²) in [6.07, 6.45) is 0. The zero-order valence-electron chi connectivity index (χ0n) is 9.80. The van der Waals surface area contributed by atoms with Gasteiger partial charge in [-0.05, 0) is 24.3 Å². The van der Waals surface area contributed by atoms with Gasteiger partial charge in [0.2, 0.25) is 5.91 Å². The second-order valence-electron chi connectivity index (χ2n) is 3.65. The maximum Gasteiger partial charge on any atom is 0.241 e. The highest BCUT2D eigenvalue weighted by molar-refractivity contribution is 5.92. The Morgan fingerprint density at radius 3 is 2.22 bits per heavy atom. The number of hydrogen-bond donors (Lipinski definition) is 2. The molecule has 0 unspecified atom stereocenters. The van der Waals surface area contributed by atoms with Gasteiger partial charge in [0.1, 0.15) is 12.3 Å². The Balaban J connectivity index is 1.73. The zero-order chi connectivity index (χ0) is 12.6. The third-order valence-electron chi connectivity index (χ3n) is 2.22. The van der Waals surface area contributed by atoms with Crippen molar-refractivity contribution >= 4 is 11.6 Å². The highest BCUT2D eigenvalue weighted by atomic mass is 16.6. The highest BCUT2D eigenvalue weighted by Crippen LogP contribution is 2.06. The molecule has 0 aliphatic rings. The van der Waals surface area contributed by atoms with Gasteiger partial charge in [-0.3, -0.25) is 4.79 Å². The number of nitrogens with one attached hydrogen (secondary N) is 2. The van der Waals surface area contributed by atoms with Crippen LogP contribution in [0.25, 0.3) is 0 Å². The summed E-state index contributed by atoms with van der Waals surface area (Å²) < 4.78 is 0. The summed E-state index contributed by atoms with van der Waals surface area (Å²) in [5.41, 5.74) is 3.38. The first-order valence-corrected chi connectivity index (χ1v) is 5.64. The van der Waals surface area contributed by atoms with Crippen LogP contribution in [0.1, 0.15) is 0 Å². The van der Waals surface area contributed by atoms with Crippen molar-refractivity contribution in [2.24, 2.45) is 0 Å². The monoisotopic (exact) mass is 242 g/mol. The van der Waals surface area contributed by atoms with Crippen molar-refractivity contribution in [2.75, 3.05) is 11.9 Å². The van der Waals surface area contributed by atoms with E-state index < -0.39 is 0 Å². The standard InChI is InChI=1S/C14H14N2O2/c17-14(16-12-7-3-1-4-8-12)11-15-18-13-9-5-2-6-10-13/h1-10,15H,11H2,(H,16,17). The van der Waals surface area contributed by atoms with Crippen LogP contribution in [0.3, 0.4) is 0 Å². The molecule has 0 aliphatic heterocycles. The summed E-state index contributed by atoms with van der Waals surface area (Å²) in [7, 11) is 0. The number of benzene rings is 2. The second-order valence-corrected chi connectivity index (χ2v) is 3.65. The van der Waals surface area contributed by atoms with Crippen molar-refractivity contribution in [3.8, 4) is 5.75 Å². The molecule has 2 aromatic carbocycles. The average Bonchev–Trinajstić information content (AvgIpc) is 2.41. The van der Waals surface area contributed by atoms with Crippen molar-refractivity contribution in [3.05, 3.63) is 60.7 Å². The lowest BCUT2D eigenvalue weighted by molar-refractivity contribution is -0.116. The minimum Gasteiger partial charge on any atom is -0.408 e. The molecular formula is C14H14N2O2. The lowest BCUT2D eigenvalue weighted by atomic mass is 10.3. The van der Waals surface area contributed by atoms with Gasteiger partial charge >= 0.3 is 0 Å². The van der Waals surface area contributed by atoms with E-state index in [1.165, 1.54) is 0 Å². The van der Waals surface area contributed by atoms with Gasteiger partial charge in [-0.25, -0.2) is 0 Å². The molecule has 2 rings (SSSR count). The third-order valence-corrected chi connectivity index (χ3v) is 2.22. The van der Waals surface area contributed by atoms with Gasteiger partial charge in [0, 0.05) is 5.69 Å². The molecule has 0 aliphatic carbocycles. The van der Waals surface area contributed by atoms with E-state index in [9.17, 15) is 4.79 Å². The Kier molecular flexibility index (Phi) is 4.33. The zero-order valence-corrected chi connectivity index (χ0v) is 9.80. The molecule has 0 aromatic heterocycles. The van der Waals surface area contributed by atoms with Crippen LogP contribution in [-0.4, -0.2) is 12.5 Å². The molecule has 4 heteroatoms. The Labute approximate surface area is 106 Å². The van der Waals surface area contributed by atoms with Crippen LogP contribution in [0.15, 0.2) is 60.7 Å². The van der Waals surface area contributed by atoms with E-state index in [1.807, 2.05) is 60.7 Å². The highest BCUT2D eigenvalue weighted by Gasteiger charge is 2.01. The maximum absolute atomic E-state index is 11.5. The molecule has 0 atom stereocenters. The fraction of sp³-hybridized carbons (Fsp3) is 0.0714. The number of carbonyl (C=O) groups excluding carboxylic acids is 1. The molecule has 0 radical (unpaired) electrons. The van der Waals surface area contributed by atoms with E-state index in [0.717, 1.165) is 5.69 Å². The van der Waals surface area contributed by atoms with Gasteiger partial charge in [-0.15, -0.1) is 5.48 Å². The summed E-state index contributed by atoms with van der Waals surface area (Å²) in [6.45, 7) is 0.0871. The molecule has 0 fully saturated rings. The molecule has 0 heterocycles. The Hall–Kier alpha value is -2.33. The van der Waals surface area contributed by atoms with E-state index in [0.29, 0.717) is 5.75 Å². The first kappa shape index (κ1) is 12.1. The fourth-order valence-electron chi connectivity index (χ4n) is 1.40. The molecule has 0 saturated heterocycles. The third kappa shape index (κ3) is 3.92. The van der Waals surface area contributed by atoms with E-state index >= 15 is 0 Å². The molecular weight excluding hydrogens is 228 g/mol. The summed E-state index contributed by atoms with van der Waals surface area (Å²) in [5, 5.41) is 2.75. The number of rotatable bonds is 5. The quantitative estimate of drug-likeness (QED) is 0.790. The number of hydrogen-bond acceptors (Lipinski definition) is 3. The Morgan fingerprint density at radius 1 is 0.944 bits per heavy atom. The van der Waals surface area contributed by atoms with Gasteiger partial charge in [0.25, 0.3) is 0 Å². The van der Waals surface area contributed by atoms with Crippen molar-refractivity contribution in [3.63, 3.8) is 0 Å². The van der Waals surface area contributed by atoms with E-state index in [-0.39, 0.29) is 12.5 Å². The summed E-state index contributed by atoms with van der Waals surface area (Å²) in [5.74, 6) is 0.516. The first-order chi connectivity index (χ1) is 8.84. The number of hydroxylamine groups is 1. The first-order valence-electron chi connectivity index (χ1n) is 5.64. The topological polar surface area (TPSA) is 50.4 Å². The smallest absolute Gasteiger partial charge is 0.241 e. The van der Waals surface area contributed by atoms with Crippen LogP contribution >= 0.6 is 0 Å². The Bertz CT molecular complexity index is 486. The lowest BCUT2D eigenvalue weighted by Crippen LogP contribution is -2.30. The van der Waals surface area contributed by atoms with Gasteiger partial charge in [-0.2, -0.15) is 0 Å². The minimum absolute atomic E-state index is 0.0871. The van der Waals surface area contributed by atoms with Crippen LogP contribution in [0, 0.1) is 0 Å². The normalized spacial score (nSPS) is 9.78. The number of carbonyl (C=O) groups is 1. The molecule has 2 aromatic rings. The molecule has 1 amide bonds. The SMILES string of the molecule is O=C(CNOc1ccccc1)Nc1ccccc1. The van der Waals surface area contributed by atoms with E-state index in [2.05, 4.69) is 10.8 Å². The minimum atomic E-state index is -0.155. The van der Waals surface area contributed by atoms with Crippen LogP contribution in [-0.2, 0) is 4.79 Å². The van der Waals surface area contributed by atoms with Crippen molar-refractivity contribution in [2.45, 2.75) is 0 Å². The summed E-state index contributed by atoms with van der Waals surface area (Å²) in [4.78, 5) is 16.8. The molecule has 2 N–H and O–H groups in total. The maximum atomic E-state index is 11.5. The van der Waals surface area contributed by atoms with Gasteiger partial charge in [0.05, 0.1) is 0 Å². The number of para-hydroxylation sites is 2. The van der Waals surface area contributed by atoms with Crippen LogP contribution < -0.4 is 15.6 Å².